The van der Waals surface area contributed by atoms with Gasteiger partial charge >= 0.3 is 0 Å². The summed E-state index contributed by atoms with van der Waals surface area (Å²) >= 11 is 0. The Balaban J connectivity index is 1.71. The number of fused-ring (bicyclic) bond motifs is 2. The molecular formula is C17H21FN2O2. The molecular weight excluding hydrogens is 283 g/mol. The van der Waals surface area contributed by atoms with Crippen molar-refractivity contribution in [3.63, 3.8) is 0 Å². The maximum absolute atomic E-state index is 14.5. The number of amides is 1. The topological polar surface area (TPSA) is 52.6 Å². The van der Waals surface area contributed by atoms with Crippen LogP contribution in [0.5, 0.6) is 0 Å². The first-order chi connectivity index (χ1) is 10.6. The highest BCUT2D eigenvalue weighted by Crippen LogP contribution is 2.51. The summed E-state index contributed by atoms with van der Waals surface area (Å²) in [4.78, 5) is 14.6. The Morgan fingerprint density at radius 2 is 2.14 bits per heavy atom. The SMILES string of the molecule is O=C([C@@H]1C[C@@H](O)CN1)N1CC2(CCCC2)c2c(F)cccc21. The minimum Gasteiger partial charge on any atom is -0.392 e. The van der Waals surface area contributed by atoms with E-state index in [2.05, 4.69) is 5.32 Å². The van der Waals surface area contributed by atoms with Gasteiger partial charge in [-0.3, -0.25) is 4.79 Å². The number of β-amino-alcohol motifs (C(OH)–C–C–N with tert-alkyl or cyclic N) is 1. The third-order valence-corrected chi connectivity index (χ3v) is 5.51. The third-order valence-electron chi connectivity index (χ3n) is 5.51. The molecule has 1 spiro atoms. The second kappa shape index (κ2) is 5.03. The number of nitrogens with zero attached hydrogens (tertiary/aromatic N) is 1. The summed E-state index contributed by atoms with van der Waals surface area (Å²) in [5.74, 6) is -0.221. The molecule has 0 bridgehead atoms. The Hall–Kier alpha value is -1.46. The van der Waals surface area contributed by atoms with Gasteiger partial charge in [0, 0.05) is 24.1 Å². The molecule has 4 rings (SSSR count). The summed E-state index contributed by atoms with van der Waals surface area (Å²) in [7, 11) is 0. The molecule has 2 atom stereocenters. The summed E-state index contributed by atoms with van der Waals surface area (Å²) in [5.41, 5.74) is 1.27. The number of rotatable bonds is 1. The van der Waals surface area contributed by atoms with Crippen molar-refractivity contribution in [2.75, 3.05) is 18.0 Å². The van der Waals surface area contributed by atoms with Gasteiger partial charge in [-0.05, 0) is 31.4 Å². The fourth-order valence-corrected chi connectivity index (χ4v) is 4.48. The molecule has 0 unspecified atom stereocenters. The average molecular weight is 304 g/mol. The fourth-order valence-electron chi connectivity index (χ4n) is 4.48. The van der Waals surface area contributed by atoms with E-state index in [0.717, 1.165) is 36.9 Å². The molecule has 1 saturated heterocycles. The lowest BCUT2D eigenvalue weighted by molar-refractivity contribution is -0.120. The summed E-state index contributed by atoms with van der Waals surface area (Å²) in [5, 5.41) is 12.7. The predicted molar refractivity (Wildman–Crippen MR) is 81.3 cm³/mol. The average Bonchev–Trinajstić information content (AvgIpc) is 3.20. The molecule has 0 aromatic heterocycles. The van der Waals surface area contributed by atoms with E-state index in [1.54, 1.807) is 11.0 Å². The number of carbonyl (C=O) groups excluding carboxylic acids is 1. The van der Waals surface area contributed by atoms with Crippen molar-refractivity contribution >= 4 is 11.6 Å². The molecule has 2 N–H and O–H groups in total. The van der Waals surface area contributed by atoms with Crippen LogP contribution in [-0.2, 0) is 10.2 Å². The summed E-state index contributed by atoms with van der Waals surface area (Å²) in [6.07, 6.45) is 4.06. The Kier molecular flexibility index (Phi) is 3.24. The number of hydrogen-bond donors (Lipinski definition) is 2. The molecule has 2 aliphatic heterocycles. The number of hydrogen-bond acceptors (Lipinski definition) is 3. The standard InChI is InChI=1S/C17H21FN2O2/c18-12-4-3-5-14-15(12)17(6-1-2-7-17)10-20(14)16(22)13-8-11(21)9-19-13/h3-5,11,13,19,21H,1-2,6-10H2/t11-,13+/m1/s1. The lowest BCUT2D eigenvalue weighted by Gasteiger charge is -2.26. The van der Waals surface area contributed by atoms with Crippen LogP contribution in [0.2, 0.25) is 0 Å². The highest BCUT2D eigenvalue weighted by atomic mass is 19.1. The van der Waals surface area contributed by atoms with Gasteiger partial charge in [0.1, 0.15) is 5.82 Å². The summed E-state index contributed by atoms with van der Waals surface area (Å²) < 4.78 is 14.5. The molecule has 4 nitrogen and oxygen atoms in total. The molecule has 1 aromatic carbocycles. The van der Waals surface area contributed by atoms with Crippen LogP contribution >= 0.6 is 0 Å². The molecule has 1 aliphatic carbocycles. The lowest BCUT2D eigenvalue weighted by atomic mass is 9.80. The largest absolute Gasteiger partial charge is 0.392 e. The Bertz CT molecular complexity index is 613. The maximum atomic E-state index is 14.5. The molecule has 5 heteroatoms. The van der Waals surface area contributed by atoms with Gasteiger partial charge in [-0.15, -0.1) is 0 Å². The first-order valence-electron chi connectivity index (χ1n) is 8.13. The zero-order chi connectivity index (χ0) is 15.3. The van der Waals surface area contributed by atoms with E-state index in [0.29, 0.717) is 19.5 Å². The van der Waals surface area contributed by atoms with Gasteiger partial charge in [0.15, 0.2) is 0 Å². The van der Waals surface area contributed by atoms with Crippen molar-refractivity contribution in [2.24, 2.45) is 0 Å². The monoisotopic (exact) mass is 304 g/mol. The number of carbonyl (C=O) groups is 1. The zero-order valence-electron chi connectivity index (χ0n) is 12.5. The molecule has 1 saturated carbocycles. The number of nitrogens with one attached hydrogen (secondary N) is 1. The van der Waals surface area contributed by atoms with Crippen molar-refractivity contribution in [3.05, 3.63) is 29.6 Å². The van der Waals surface area contributed by atoms with E-state index in [9.17, 15) is 14.3 Å². The van der Waals surface area contributed by atoms with Crippen LogP contribution in [0.4, 0.5) is 10.1 Å². The maximum Gasteiger partial charge on any atom is 0.244 e. The Morgan fingerprint density at radius 3 is 2.82 bits per heavy atom. The van der Waals surface area contributed by atoms with Crippen molar-refractivity contribution in [1.29, 1.82) is 0 Å². The lowest BCUT2D eigenvalue weighted by Crippen LogP contribution is -2.45. The molecule has 22 heavy (non-hydrogen) atoms. The number of benzene rings is 1. The molecule has 2 heterocycles. The number of aliphatic hydroxyl groups excluding tert-OH is 1. The minimum atomic E-state index is -0.469. The fraction of sp³-hybridized carbons (Fsp3) is 0.588. The van der Waals surface area contributed by atoms with Crippen molar-refractivity contribution in [3.8, 4) is 0 Å². The first-order valence-corrected chi connectivity index (χ1v) is 8.13. The number of anilines is 1. The van der Waals surface area contributed by atoms with Gasteiger partial charge < -0.3 is 15.3 Å². The molecule has 3 aliphatic rings. The van der Waals surface area contributed by atoms with E-state index >= 15 is 0 Å². The van der Waals surface area contributed by atoms with Gasteiger partial charge in [0.25, 0.3) is 0 Å². The van der Waals surface area contributed by atoms with E-state index in [4.69, 9.17) is 0 Å². The predicted octanol–water partition coefficient (Wildman–Crippen LogP) is 1.71. The number of halogens is 1. The van der Waals surface area contributed by atoms with Crippen LogP contribution in [0.15, 0.2) is 18.2 Å². The van der Waals surface area contributed by atoms with Gasteiger partial charge in [0.05, 0.1) is 17.8 Å². The number of aliphatic hydroxyl groups is 1. The summed E-state index contributed by atoms with van der Waals surface area (Å²) in [6.45, 7) is 1.03. The van der Waals surface area contributed by atoms with Gasteiger partial charge in [-0.2, -0.15) is 0 Å². The van der Waals surface area contributed by atoms with E-state index < -0.39 is 6.10 Å². The highest BCUT2D eigenvalue weighted by molar-refractivity contribution is 6.00. The molecule has 2 fully saturated rings. The molecule has 1 aromatic rings. The van der Waals surface area contributed by atoms with E-state index in [1.807, 2.05) is 6.07 Å². The summed E-state index contributed by atoms with van der Waals surface area (Å²) in [6, 6.07) is 4.68. The smallest absolute Gasteiger partial charge is 0.244 e. The second-order valence-electron chi connectivity index (χ2n) is 6.90. The third kappa shape index (κ3) is 1.99. The van der Waals surface area contributed by atoms with Crippen LogP contribution in [0, 0.1) is 5.82 Å². The Labute approximate surface area is 129 Å². The van der Waals surface area contributed by atoms with Crippen molar-refractivity contribution in [1.82, 2.24) is 5.32 Å². The van der Waals surface area contributed by atoms with Crippen molar-refractivity contribution in [2.45, 2.75) is 49.7 Å². The van der Waals surface area contributed by atoms with Crippen LogP contribution in [0.25, 0.3) is 0 Å². The quantitative estimate of drug-likeness (QED) is 0.830. The van der Waals surface area contributed by atoms with Gasteiger partial charge in [-0.1, -0.05) is 18.9 Å². The van der Waals surface area contributed by atoms with Gasteiger partial charge in [-0.25, -0.2) is 4.39 Å². The highest BCUT2D eigenvalue weighted by Gasteiger charge is 2.49. The van der Waals surface area contributed by atoms with Gasteiger partial charge in [0.2, 0.25) is 5.91 Å². The first kappa shape index (κ1) is 14.2. The molecule has 118 valence electrons. The normalized spacial score (nSPS) is 29.3. The second-order valence-corrected chi connectivity index (χ2v) is 6.90. The molecule has 0 radical (unpaired) electrons. The van der Waals surface area contributed by atoms with Crippen molar-refractivity contribution < 1.29 is 14.3 Å². The minimum absolute atomic E-state index is 0.0350. The zero-order valence-corrected chi connectivity index (χ0v) is 12.5. The van der Waals surface area contributed by atoms with Crippen LogP contribution < -0.4 is 10.2 Å². The van der Waals surface area contributed by atoms with Crippen LogP contribution in [-0.4, -0.2) is 36.2 Å². The van der Waals surface area contributed by atoms with Crippen LogP contribution in [0.1, 0.15) is 37.7 Å². The van der Waals surface area contributed by atoms with E-state index in [1.165, 1.54) is 6.07 Å². The van der Waals surface area contributed by atoms with E-state index in [-0.39, 0.29) is 23.2 Å². The Morgan fingerprint density at radius 1 is 1.36 bits per heavy atom. The van der Waals surface area contributed by atoms with Crippen LogP contribution in [0.3, 0.4) is 0 Å². The molecule has 1 amide bonds.